The topological polar surface area (TPSA) is 42.2 Å². The highest BCUT2D eigenvalue weighted by Crippen LogP contribution is 2.36. The summed E-state index contributed by atoms with van der Waals surface area (Å²) in [4.78, 5) is 0. The normalized spacial score (nSPS) is 11.1. The first kappa shape index (κ1) is 20.6. The van der Waals surface area contributed by atoms with Gasteiger partial charge in [-0.3, -0.25) is 0 Å². The van der Waals surface area contributed by atoms with E-state index in [1.807, 2.05) is 37.3 Å². The quantitative estimate of drug-likeness (QED) is 0.315. The molecule has 3 nitrogen and oxygen atoms in total. The minimum atomic E-state index is -0.344. The van der Waals surface area contributed by atoms with Gasteiger partial charge in [-0.05, 0) is 54.0 Å². The van der Waals surface area contributed by atoms with E-state index in [1.54, 1.807) is 31.4 Å². The molecule has 0 N–H and O–H groups in total. The van der Waals surface area contributed by atoms with E-state index in [4.69, 9.17) is 9.47 Å². The lowest BCUT2D eigenvalue weighted by molar-refractivity contribution is 0.284. The third kappa shape index (κ3) is 5.24. The molecule has 0 saturated carbocycles. The van der Waals surface area contributed by atoms with Crippen molar-refractivity contribution in [2.24, 2.45) is 0 Å². The first-order valence-corrected chi connectivity index (χ1v) is 9.73. The highest BCUT2D eigenvalue weighted by atomic mass is 79.9. The maximum absolute atomic E-state index is 13.2. The number of hydrogen-bond acceptors (Lipinski definition) is 3. The zero-order chi connectivity index (χ0) is 20.8. The van der Waals surface area contributed by atoms with Crippen molar-refractivity contribution >= 4 is 27.6 Å². The molecule has 0 aliphatic heterocycles. The van der Waals surface area contributed by atoms with Crippen molar-refractivity contribution in [3.05, 3.63) is 93.2 Å². The Morgan fingerprint density at radius 1 is 1.07 bits per heavy atom. The second-order valence-electron chi connectivity index (χ2n) is 6.48. The first-order valence-electron chi connectivity index (χ1n) is 8.94. The van der Waals surface area contributed by atoms with Crippen LogP contribution >= 0.6 is 15.9 Å². The van der Waals surface area contributed by atoms with Crippen molar-refractivity contribution in [2.45, 2.75) is 13.5 Å². The van der Waals surface area contributed by atoms with E-state index in [9.17, 15) is 9.65 Å². The predicted octanol–water partition coefficient (Wildman–Crippen LogP) is 6.55. The molecule has 0 aliphatic rings. The highest BCUT2D eigenvalue weighted by molar-refractivity contribution is 9.10. The second kappa shape index (κ2) is 9.40. The van der Waals surface area contributed by atoms with Gasteiger partial charge in [-0.2, -0.15) is 5.26 Å². The number of hydrogen-bond donors (Lipinski definition) is 0. The maximum atomic E-state index is 13.2. The molecular formula is C24H19BrFNO2. The lowest BCUT2D eigenvalue weighted by Gasteiger charge is -2.13. The van der Waals surface area contributed by atoms with Crippen LogP contribution in [0.1, 0.15) is 22.3 Å². The average molecular weight is 452 g/mol. The third-order valence-corrected chi connectivity index (χ3v) is 5.06. The van der Waals surface area contributed by atoms with Crippen LogP contribution < -0.4 is 9.47 Å². The molecule has 146 valence electrons. The van der Waals surface area contributed by atoms with Crippen LogP contribution in [0.3, 0.4) is 0 Å². The summed E-state index contributed by atoms with van der Waals surface area (Å²) in [6.07, 6.45) is 1.73. The number of halogens is 2. The van der Waals surface area contributed by atoms with Crippen molar-refractivity contribution in [3.8, 4) is 17.6 Å². The number of nitriles is 1. The van der Waals surface area contributed by atoms with E-state index in [2.05, 4.69) is 22.0 Å². The molecule has 0 spiro atoms. The largest absolute Gasteiger partial charge is 0.493 e. The molecule has 0 unspecified atom stereocenters. The fraction of sp³-hybridized carbons (Fsp3) is 0.125. The number of allylic oxidation sites excluding steroid dienone is 1. The molecule has 0 fully saturated rings. The van der Waals surface area contributed by atoms with E-state index in [0.29, 0.717) is 29.2 Å². The van der Waals surface area contributed by atoms with Crippen molar-refractivity contribution in [1.29, 1.82) is 5.26 Å². The molecule has 5 heteroatoms. The summed E-state index contributed by atoms with van der Waals surface area (Å²) in [6.45, 7) is 2.45. The standard InChI is InChI=1S/C24H19BrFNO2/c1-16-3-5-17(6-4-16)15-29-24-13-22(25)19(12-23(24)28-2)11-20(14-27)18-7-9-21(26)10-8-18/h3-13H,15H2,1-2H3/b20-11+. The van der Waals surface area contributed by atoms with Crippen LogP contribution in [0.15, 0.2) is 65.1 Å². The highest BCUT2D eigenvalue weighted by Gasteiger charge is 2.11. The van der Waals surface area contributed by atoms with Crippen molar-refractivity contribution < 1.29 is 13.9 Å². The Kier molecular flexibility index (Phi) is 6.69. The van der Waals surface area contributed by atoms with Crippen LogP contribution in [0.5, 0.6) is 11.5 Å². The van der Waals surface area contributed by atoms with Crippen LogP contribution in [0.4, 0.5) is 4.39 Å². The van der Waals surface area contributed by atoms with Crippen LogP contribution in [0.25, 0.3) is 11.6 Å². The molecular weight excluding hydrogens is 433 g/mol. The molecule has 0 amide bonds. The van der Waals surface area contributed by atoms with Crippen molar-refractivity contribution in [2.75, 3.05) is 7.11 Å². The van der Waals surface area contributed by atoms with Crippen LogP contribution in [-0.4, -0.2) is 7.11 Å². The number of methoxy groups -OCH3 is 1. The first-order chi connectivity index (χ1) is 14.0. The number of benzene rings is 3. The molecule has 0 aliphatic carbocycles. The predicted molar refractivity (Wildman–Crippen MR) is 116 cm³/mol. The van der Waals surface area contributed by atoms with Gasteiger partial charge in [0.05, 0.1) is 18.8 Å². The zero-order valence-corrected chi connectivity index (χ0v) is 17.7. The summed E-state index contributed by atoms with van der Waals surface area (Å²) >= 11 is 3.54. The van der Waals surface area contributed by atoms with Crippen LogP contribution in [-0.2, 0) is 6.61 Å². The van der Waals surface area contributed by atoms with Crippen LogP contribution in [0.2, 0.25) is 0 Å². The fourth-order valence-corrected chi connectivity index (χ4v) is 3.18. The van der Waals surface area contributed by atoms with Crippen molar-refractivity contribution in [1.82, 2.24) is 0 Å². The number of nitrogens with zero attached hydrogens (tertiary/aromatic N) is 1. The van der Waals surface area contributed by atoms with Gasteiger partial charge in [-0.1, -0.05) is 57.9 Å². The van der Waals surface area contributed by atoms with Gasteiger partial charge in [0, 0.05) is 4.47 Å². The van der Waals surface area contributed by atoms with Gasteiger partial charge >= 0.3 is 0 Å². The molecule has 0 heterocycles. The summed E-state index contributed by atoms with van der Waals surface area (Å²) in [7, 11) is 1.57. The monoisotopic (exact) mass is 451 g/mol. The Balaban J connectivity index is 1.88. The molecule has 0 aromatic heterocycles. The number of aryl methyl sites for hydroxylation is 1. The minimum Gasteiger partial charge on any atom is -0.493 e. The molecule has 0 saturated heterocycles. The Hall–Kier alpha value is -3.10. The third-order valence-electron chi connectivity index (χ3n) is 4.37. The summed E-state index contributed by atoms with van der Waals surface area (Å²) in [5, 5.41) is 9.53. The van der Waals surface area contributed by atoms with E-state index < -0.39 is 0 Å². The Labute approximate surface area is 178 Å². The summed E-state index contributed by atoms with van der Waals surface area (Å²) in [6, 6.07) is 19.7. The smallest absolute Gasteiger partial charge is 0.162 e. The van der Waals surface area contributed by atoms with Gasteiger partial charge in [-0.15, -0.1) is 0 Å². The maximum Gasteiger partial charge on any atom is 0.162 e. The van der Waals surface area contributed by atoms with Gasteiger partial charge in [0.2, 0.25) is 0 Å². The molecule has 29 heavy (non-hydrogen) atoms. The number of ether oxygens (including phenoxy) is 2. The van der Waals surface area contributed by atoms with E-state index in [0.717, 1.165) is 15.6 Å². The zero-order valence-electron chi connectivity index (χ0n) is 16.1. The Bertz CT molecular complexity index is 1070. The van der Waals surface area contributed by atoms with E-state index in [-0.39, 0.29) is 5.82 Å². The summed E-state index contributed by atoms with van der Waals surface area (Å²) in [5.41, 5.74) is 4.06. The molecule has 3 rings (SSSR count). The van der Waals surface area contributed by atoms with Gasteiger partial charge in [-0.25, -0.2) is 4.39 Å². The van der Waals surface area contributed by atoms with Gasteiger partial charge in [0.25, 0.3) is 0 Å². The van der Waals surface area contributed by atoms with E-state index >= 15 is 0 Å². The Morgan fingerprint density at radius 2 is 1.76 bits per heavy atom. The lowest BCUT2D eigenvalue weighted by atomic mass is 10.0. The van der Waals surface area contributed by atoms with Crippen LogP contribution in [0, 0.1) is 24.1 Å². The Morgan fingerprint density at radius 3 is 2.38 bits per heavy atom. The molecule has 0 bridgehead atoms. The molecule has 3 aromatic rings. The van der Waals surface area contributed by atoms with Gasteiger partial charge < -0.3 is 9.47 Å². The molecule has 0 atom stereocenters. The lowest BCUT2D eigenvalue weighted by Crippen LogP contribution is -1.98. The fourth-order valence-electron chi connectivity index (χ4n) is 2.74. The summed E-state index contributed by atoms with van der Waals surface area (Å²) < 4.78 is 25.3. The second-order valence-corrected chi connectivity index (χ2v) is 7.33. The van der Waals surface area contributed by atoms with E-state index in [1.165, 1.54) is 17.7 Å². The van der Waals surface area contributed by atoms with Gasteiger partial charge in [0.15, 0.2) is 11.5 Å². The number of rotatable bonds is 6. The molecule has 3 aromatic carbocycles. The summed E-state index contributed by atoms with van der Waals surface area (Å²) in [5.74, 6) is 0.810. The van der Waals surface area contributed by atoms with Gasteiger partial charge in [0.1, 0.15) is 12.4 Å². The van der Waals surface area contributed by atoms with Crippen molar-refractivity contribution in [3.63, 3.8) is 0 Å². The molecule has 0 radical (unpaired) electrons. The SMILES string of the molecule is COc1cc(/C=C(\C#N)c2ccc(F)cc2)c(Br)cc1OCc1ccc(C)cc1. The average Bonchev–Trinajstić information content (AvgIpc) is 2.73. The minimum absolute atomic E-state index is 0.344.